The van der Waals surface area contributed by atoms with Gasteiger partial charge in [-0.05, 0) is 40.0 Å². The number of benzene rings is 1. The van der Waals surface area contributed by atoms with E-state index in [9.17, 15) is 4.39 Å². The van der Waals surface area contributed by atoms with Crippen molar-refractivity contribution in [1.29, 1.82) is 0 Å². The molecular weight excluding hydrogens is 313 g/mol. The smallest absolute Gasteiger partial charge is 0.164 e. The average molecular weight is 328 g/mol. The number of ether oxygens (including phenoxy) is 1. The summed E-state index contributed by atoms with van der Waals surface area (Å²) in [4.78, 5) is 4.17. The monoisotopic (exact) mass is 327 g/mol. The standard InChI is InChI=1S/C13H15BrFN3O/c1-9(2)6-18-13(16-8-17-18)7-19-10-3-4-12(15)11(14)5-10/h3-5,8-9H,6-7H2,1-2H3. The van der Waals surface area contributed by atoms with Crippen LogP contribution >= 0.6 is 15.9 Å². The highest BCUT2D eigenvalue weighted by Gasteiger charge is 2.08. The van der Waals surface area contributed by atoms with E-state index in [0.29, 0.717) is 22.7 Å². The third-order valence-corrected chi connectivity index (χ3v) is 3.10. The molecule has 19 heavy (non-hydrogen) atoms. The van der Waals surface area contributed by atoms with Crippen LogP contribution in [0.4, 0.5) is 4.39 Å². The molecule has 0 atom stereocenters. The predicted octanol–water partition coefficient (Wildman–Crippen LogP) is 3.41. The molecule has 4 nitrogen and oxygen atoms in total. The number of halogens is 2. The van der Waals surface area contributed by atoms with Crippen LogP contribution in [-0.2, 0) is 13.2 Å². The first-order valence-corrected chi connectivity index (χ1v) is 6.80. The van der Waals surface area contributed by atoms with Gasteiger partial charge in [0.05, 0.1) is 4.47 Å². The molecule has 0 fully saturated rings. The molecule has 0 aliphatic carbocycles. The van der Waals surface area contributed by atoms with E-state index in [1.165, 1.54) is 12.4 Å². The minimum absolute atomic E-state index is 0.310. The molecule has 0 saturated carbocycles. The van der Waals surface area contributed by atoms with Gasteiger partial charge >= 0.3 is 0 Å². The summed E-state index contributed by atoms with van der Waals surface area (Å²) in [6.07, 6.45) is 1.52. The number of hydrogen-bond acceptors (Lipinski definition) is 3. The lowest BCUT2D eigenvalue weighted by Crippen LogP contribution is -2.12. The maximum Gasteiger partial charge on any atom is 0.164 e. The van der Waals surface area contributed by atoms with E-state index in [2.05, 4.69) is 39.9 Å². The largest absolute Gasteiger partial charge is 0.486 e. The fourth-order valence-electron chi connectivity index (χ4n) is 1.61. The van der Waals surface area contributed by atoms with Crippen LogP contribution in [0.1, 0.15) is 19.7 Å². The second-order valence-corrected chi connectivity index (χ2v) is 5.47. The molecule has 1 aromatic carbocycles. The van der Waals surface area contributed by atoms with Crippen LogP contribution in [-0.4, -0.2) is 14.8 Å². The van der Waals surface area contributed by atoms with Crippen molar-refractivity contribution in [3.63, 3.8) is 0 Å². The van der Waals surface area contributed by atoms with Gasteiger partial charge in [-0.2, -0.15) is 5.10 Å². The predicted molar refractivity (Wildman–Crippen MR) is 73.3 cm³/mol. The Balaban J connectivity index is 2.02. The van der Waals surface area contributed by atoms with E-state index in [1.54, 1.807) is 12.1 Å². The zero-order valence-electron chi connectivity index (χ0n) is 10.8. The van der Waals surface area contributed by atoms with Gasteiger partial charge in [-0.3, -0.25) is 0 Å². The molecule has 6 heteroatoms. The summed E-state index contributed by atoms with van der Waals surface area (Å²) < 4.78 is 20.9. The summed E-state index contributed by atoms with van der Waals surface area (Å²) in [5.41, 5.74) is 0. The molecule has 0 saturated heterocycles. The number of hydrogen-bond donors (Lipinski definition) is 0. The van der Waals surface area contributed by atoms with E-state index >= 15 is 0 Å². The van der Waals surface area contributed by atoms with E-state index in [0.717, 1.165) is 12.4 Å². The van der Waals surface area contributed by atoms with E-state index < -0.39 is 0 Å². The van der Waals surface area contributed by atoms with Crippen LogP contribution in [0.15, 0.2) is 29.0 Å². The van der Waals surface area contributed by atoms with Gasteiger partial charge < -0.3 is 4.74 Å². The molecule has 2 rings (SSSR count). The maximum atomic E-state index is 13.1. The number of rotatable bonds is 5. The Morgan fingerprint density at radius 3 is 2.89 bits per heavy atom. The number of nitrogens with zero attached hydrogens (tertiary/aromatic N) is 3. The van der Waals surface area contributed by atoms with E-state index in [-0.39, 0.29) is 5.82 Å². The zero-order valence-corrected chi connectivity index (χ0v) is 12.4. The van der Waals surface area contributed by atoms with Crippen molar-refractivity contribution in [3.8, 4) is 5.75 Å². The van der Waals surface area contributed by atoms with E-state index in [1.807, 2.05) is 4.68 Å². The van der Waals surface area contributed by atoms with Crippen molar-refractivity contribution < 1.29 is 9.13 Å². The summed E-state index contributed by atoms with van der Waals surface area (Å²) in [5.74, 6) is 1.53. The molecule has 1 aromatic heterocycles. The van der Waals surface area contributed by atoms with Crippen LogP contribution in [0.25, 0.3) is 0 Å². The molecule has 2 aromatic rings. The molecule has 1 heterocycles. The quantitative estimate of drug-likeness (QED) is 0.844. The Hall–Kier alpha value is -1.43. The Morgan fingerprint density at radius 1 is 1.42 bits per heavy atom. The average Bonchev–Trinajstić information content (AvgIpc) is 2.77. The molecule has 0 bridgehead atoms. The normalized spacial score (nSPS) is 11.0. The molecular formula is C13H15BrFN3O. The van der Waals surface area contributed by atoms with Gasteiger partial charge in [-0.1, -0.05) is 13.8 Å². The van der Waals surface area contributed by atoms with Crippen molar-refractivity contribution in [1.82, 2.24) is 14.8 Å². The highest BCUT2D eigenvalue weighted by Crippen LogP contribution is 2.22. The maximum absolute atomic E-state index is 13.1. The van der Waals surface area contributed by atoms with Crippen LogP contribution in [0.2, 0.25) is 0 Å². The van der Waals surface area contributed by atoms with Crippen molar-refractivity contribution in [2.24, 2.45) is 5.92 Å². The summed E-state index contributed by atoms with van der Waals surface area (Å²) >= 11 is 3.12. The van der Waals surface area contributed by atoms with Crippen LogP contribution in [0.5, 0.6) is 5.75 Å². The van der Waals surface area contributed by atoms with Crippen molar-refractivity contribution >= 4 is 15.9 Å². The molecule has 0 aliphatic heterocycles. The van der Waals surface area contributed by atoms with Crippen LogP contribution < -0.4 is 4.74 Å². The zero-order chi connectivity index (χ0) is 13.8. The first-order chi connectivity index (χ1) is 9.06. The molecule has 0 radical (unpaired) electrons. The third kappa shape index (κ3) is 3.76. The van der Waals surface area contributed by atoms with E-state index in [4.69, 9.17) is 4.74 Å². The van der Waals surface area contributed by atoms with Gasteiger partial charge in [-0.25, -0.2) is 14.1 Å². The highest BCUT2D eigenvalue weighted by molar-refractivity contribution is 9.10. The summed E-state index contributed by atoms with van der Waals surface area (Å²) in [6.45, 7) is 5.34. The molecule has 0 spiro atoms. The minimum Gasteiger partial charge on any atom is -0.486 e. The number of aromatic nitrogens is 3. The summed E-state index contributed by atoms with van der Waals surface area (Å²) in [7, 11) is 0. The summed E-state index contributed by atoms with van der Waals surface area (Å²) in [6, 6.07) is 4.54. The SMILES string of the molecule is CC(C)Cn1ncnc1COc1ccc(F)c(Br)c1. The third-order valence-electron chi connectivity index (χ3n) is 2.49. The van der Waals surface area contributed by atoms with Crippen molar-refractivity contribution in [3.05, 3.63) is 40.6 Å². The summed E-state index contributed by atoms with van der Waals surface area (Å²) in [5, 5.41) is 4.16. The van der Waals surface area contributed by atoms with Crippen LogP contribution in [0.3, 0.4) is 0 Å². The van der Waals surface area contributed by atoms with Gasteiger partial charge in [0.15, 0.2) is 5.82 Å². The molecule has 0 amide bonds. The second-order valence-electron chi connectivity index (χ2n) is 4.62. The van der Waals surface area contributed by atoms with Crippen molar-refractivity contribution in [2.45, 2.75) is 27.0 Å². The Bertz CT molecular complexity index is 557. The lowest BCUT2D eigenvalue weighted by Gasteiger charge is -2.10. The topological polar surface area (TPSA) is 39.9 Å². The minimum atomic E-state index is -0.310. The van der Waals surface area contributed by atoms with Gasteiger partial charge in [0.1, 0.15) is 24.5 Å². The van der Waals surface area contributed by atoms with Crippen LogP contribution in [0, 0.1) is 11.7 Å². The Morgan fingerprint density at radius 2 is 2.21 bits per heavy atom. The van der Waals surface area contributed by atoms with Gasteiger partial charge in [0, 0.05) is 6.54 Å². The van der Waals surface area contributed by atoms with Gasteiger partial charge in [0.25, 0.3) is 0 Å². The van der Waals surface area contributed by atoms with Gasteiger partial charge in [-0.15, -0.1) is 0 Å². The first kappa shape index (κ1) is 14.0. The van der Waals surface area contributed by atoms with Gasteiger partial charge in [0.2, 0.25) is 0 Å². The molecule has 0 unspecified atom stereocenters. The lowest BCUT2D eigenvalue weighted by atomic mass is 10.2. The Kier molecular flexibility index (Phi) is 4.52. The highest BCUT2D eigenvalue weighted by atomic mass is 79.9. The molecule has 102 valence electrons. The second kappa shape index (κ2) is 6.14. The fraction of sp³-hybridized carbons (Fsp3) is 0.385. The molecule has 0 N–H and O–H groups in total. The van der Waals surface area contributed by atoms with Crippen molar-refractivity contribution in [2.75, 3.05) is 0 Å². The first-order valence-electron chi connectivity index (χ1n) is 6.01. The Labute approximate surface area is 119 Å². The lowest BCUT2D eigenvalue weighted by molar-refractivity contribution is 0.282. The molecule has 0 aliphatic rings. The fourth-order valence-corrected chi connectivity index (χ4v) is 1.97.